The number of carbonyl (C=O) groups is 2. The molecule has 4 aromatic carbocycles. The molecule has 6 heteroatoms. The zero-order valence-electron chi connectivity index (χ0n) is 24.3. The SMILES string of the molecule is C=C(CO)C(=O)Oc1cccc(-c2ccc(-c3ccc(-c4cccc(OC(=O)C(=C)CO)c4)cc3CCCCC)cc2)c1. The number of hydrogen-bond donors (Lipinski definition) is 2. The van der Waals surface area contributed by atoms with Crippen LogP contribution in [0.1, 0.15) is 31.7 Å². The fraction of sp³-hybridized carbons (Fsp3) is 0.189. The van der Waals surface area contributed by atoms with Crippen LogP contribution in [0.15, 0.2) is 115 Å². The van der Waals surface area contributed by atoms with Gasteiger partial charge >= 0.3 is 11.9 Å². The van der Waals surface area contributed by atoms with Gasteiger partial charge in [0.2, 0.25) is 0 Å². The van der Waals surface area contributed by atoms with Crippen molar-refractivity contribution in [2.75, 3.05) is 13.2 Å². The van der Waals surface area contributed by atoms with Crippen LogP contribution < -0.4 is 9.47 Å². The molecule has 43 heavy (non-hydrogen) atoms. The maximum absolute atomic E-state index is 12.1. The average Bonchev–Trinajstić information content (AvgIpc) is 3.04. The van der Waals surface area contributed by atoms with Crippen LogP contribution in [0, 0.1) is 0 Å². The number of ether oxygens (including phenoxy) is 2. The first-order valence-corrected chi connectivity index (χ1v) is 14.3. The van der Waals surface area contributed by atoms with Gasteiger partial charge in [-0.15, -0.1) is 0 Å². The number of hydrogen-bond acceptors (Lipinski definition) is 6. The number of carbonyl (C=O) groups excluding carboxylic acids is 2. The van der Waals surface area contributed by atoms with Crippen molar-refractivity contribution in [3.63, 3.8) is 0 Å². The van der Waals surface area contributed by atoms with Crippen LogP contribution >= 0.6 is 0 Å². The Labute approximate surface area is 252 Å². The van der Waals surface area contributed by atoms with E-state index in [9.17, 15) is 9.59 Å². The van der Waals surface area contributed by atoms with Gasteiger partial charge in [-0.3, -0.25) is 0 Å². The highest BCUT2D eigenvalue weighted by molar-refractivity contribution is 5.90. The topological polar surface area (TPSA) is 93.1 Å². The number of benzene rings is 4. The lowest BCUT2D eigenvalue weighted by atomic mass is 9.91. The van der Waals surface area contributed by atoms with Crippen molar-refractivity contribution in [3.8, 4) is 44.9 Å². The maximum atomic E-state index is 12.1. The van der Waals surface area contributed by atoms with Crippen LogP contribution in [-0.4, -0.2) is 35.4 Å². The summed E-state index contributed by atoms with van der Waals surface area (Å²) in [6.07, 6.45) is 4.25. The van der Waals surface area contributed by atoms with Crippen molar-refractivity contribution in [2.45, 2.75) is 32.6 Å². The molecule has 0 aliphatic carbocycles. The van der Waals surface area contributed by atoms with Crippen molar-refractivity contribution in [1.82, 2.24) is 0 Å². The molecule has 6 nitrogen and oxygen atoms in total. The fourth-order valence-electron chi connectivity index (χ4n) is 4.64. The minimum absolute atomic E-state index is 0.000503. The summed E-state index contributed by atoms with van der Waals surface area (Å²) in [6.45, 7) is 8.32. The largest absolute Gasteiger partial charge is 0.423 e. The predicted molar refractivity (Wildman–Crippen MR) is 170 cm³/mol. The number of aryl methyl sites for hydroxylation is 1. The molecule has 220 valence electrons. The van der Waals surface area contributed by atoms with E-state index in [4.69, 9.17) is 19.7 Å². The van der Waals surface area contributed by atoms with Gasteiger partial charge in [-0.1, -0.05) is 99.7 Å². The van der Waals surface area contributed by atoms with Crippen LogP contribution in [0.25, 0.3) is 33.4 Å². The Kier molecular flexibility index (Phi) is 10.8. The van der Waals surface area contributed by atoms with E-state index in [1.54, 1.807) is 18.2 Å². The second-order valence-electron chi connectivity index (χ2n) is 10.3. The Balaban J connectivity index is 1.60. The summed E-state index contributed by atoms with van der Waals surface area (Å²) in [5.74, 6) is -0.540. The van der Waals surface area contributed by atoms with Gasteiger partial charge in [0.15, 0.2) is 0 Å². The van der Waals surface area contributed by atoms with Gasteiger partial charge in [-0.05, 0) is 76.1 Å². The molecule has 0 unspecified atom stereocenters. The highest BCUT2D eigenvalue weighted by atomic mass is 16.5. The number of esters is 2. The van der Waals surface area contributed by atoms with Gasteiger partial charge in [-0.2, -0.15) is 0 Å². The number of aliphatic hydroxyl groups is 2. The summed E-state index contributed by atoms with van der Waals surface area (Å²) in [5.41, 5.74) is 7.27. The Morgan fingerprint density at radius 2 is 1.12 bits per heavy atom. The second kappa shape index (κ2) is 14.9. The van der Waals surface area contributed by atoms with E-state index in [2.05, 4.69) is 50.4 Å². The molecule has 2 N–H and O–H groups in total. The maximum Gasteiger partial charge on any atom is 0.341 e. The summed E-state index contributed by atoms with van der Waals surface area (Å²) in [6, 6.07) is 29.2. The fourth-order valence-corrected chi connectivity index (χ4v) is 4.64. The lowest BCUT2D eigenvalue weighted by Gasteiger charge is -2.14. The molecule has 0 saturated heterocycles. The van der Waals surface area contributed by atoms with Crippen LogP contribution in [0.3, 0.4) is 0 Å². The molecule has 0 saturated carbocycles. The standard InChI is InChI=1S/C37H36O6/c1-4-5-6-9-32-20-31(30-11-8-13-34(22-30)43-37(41)26(3)24-39)18-19-35(32)28-16-14-27(15-17-28)29-10-7-12-33(21-29)42-36(40)25(2)23-38/h7-8,10-22,38-39H,2-6,9,23-24H2,1H3. The molecule has 0 radical (unpaired) electrons. The van der Waals surface area contributed by atoms with E-state index in [1.807, 2.05) is 42.5 Å². The van der Waals surface area contributed by atoms with Gasteiger partial charge < -0.3 is 19.7 Å². The molecule has 0 amide bonds. The average molecular weight is 577 g/mol. The minimum atomic E-state index is -0.658. The smallest absolute Gasteiger partial charge is 0.341 e. The normalized spacial score (nSPS) is 10.7. The molecule has 0 atom stereocenters. The van der Waals surface area contributed by atoms with Gasteiger partial charge in [0.25, 0.3) is 0 Å². The molecule has 4 aromatic rings. The van der Waals surface area contributed by atoms with E-state index in [-0.39, 0.29) is 11.1 Å². The van der Waals surface area contributed by atoms with Gasteiger partial charge in [0, 0.05) is 0 Å². The van der Waals surface area contributed by atoms with Crippen molar-refractivity contribution >= 4 is 11.9 Å². The monoisotopic (exact) mass is 576 g/mol. The van der Waals surface area contributed by atoms with E-state index in [0.717, 1.165) is 59.1 Å². The number of rotatable bonds is 13. The highest BCUT2D eigenvalue weighted by Crippen LogP contribution is 2.33. The van der Waals surface area contributed by atoms with Crippen LogP contribution in [0.5, 0.6) is 11.5 Å². The molecular weight excluding hydrogens is 540 g/mol. The summed E-state index contributed by atoms with van der Waals surface area (Å²) < 4.78 is 10.7. The van der Waals surface area contributed by atoms with Crippen molar-refractivity contribution in [2.24, 2.45) is 0 Å². The van der Waals surface area contributed by atoms with Crippen LogP contribution in [0.2, 0.25) is 0 Å². The zero-order chi connectivity index (χ0) is 30.8. The lowest BCUT2D eigenvalue weighted by Crippen LogP contribution is -2.12. The molecule has 0 aliphatic rings. The predicted octanol–water partition coefficient (Wildman–Crippen LogP) is 7.33. The Hall–Kier alpha value is -4.78. The first kappa shape index (κ1) is 31.2. The van der Waals surface area contributed by atoms with E-state index in [1.165, 1.54) is 5.56 Å². The molecule has 0 aromatic heterocycles. The number of aliphatic hydroxyl groups excluding tert-OH is 2. The third-order valence-electron chi connectivity index (χ3n) is 7.07. The highest BCUT2D eigenvalue weighted by Gasteiger charge is 2.13. The number of unbranched alkanes of at least 4 members (excludes halogenated alkanes) is 2. The molecule has 4 rings (SSSR count). The summed E-state index contributed by atoms with van der Waals surface area (Å²) in [5, 5.41) is 18.3. The third kappa shape index (κ3) is 8.16. The third-order valence-corrected chi connectivity index (χ3v) is 7.07. The first-order valence-electron chi connectivity index (χ1n) is 14.3. The van der Waals surface area contributed by atoms with Crippen LogP contribution in [0.4, 0.5) is 0 Å². The quantitative estimate of drug-likeness (QED) is 0.0749. The molecule has 0 aliphatic heterocycles. The zero-order valence-corrected chi connectivity index (χ0v) is 24.3. The Morgan fingerprint density at radius 1 is 0.628 bits per heavy atom. The van der Waals surface area contributed by atoms with Crippen molar-refractivity contribution < 1.29 is 29.3 Å². The first-order chi connectivity index (χ1) is 20.8. The minimum Gasteiger partial charge on any atom is -0.423 e. The molecular formula is C37H36O6. The summed E-state index contributed by atoms with van der Waals surface area (Å²) in [4.78, 5) is 24.1. The molecule has 0 heterocycles. The lowest BCUT2D eigenvalue weighted by molar-refractivity contribution is -0.131. The van der Waals surface area contributed by atoms with Crippen molar-refractivity contribution in [3.05, 3.63) is 121 Å². The van der Waals surface area contributed by atoms with Gasteiger partial charge in [0.1, 0.15) is 11.5 Å². The summed E-state index contributed by atoms with van der Waals surface area (Å²) in [7, 11) is 0. The Bertz CT molecular complexity index is 1620. The van der Waals surface area contributed by atoms with E-state index >= 15 is 0 Å². The van der Waals surface area contributed by atoms with Crippen molar-refractivity contribution in [1.29, 1.82) is 0 Å². The molecule has 0 spiro atoms. The van der Waals surface area contributed by atoms with Gasteiger partial charge in [-0.25, -0.2) is 9.59 Å². The van der Waals surface area contributed by atoms with E-state index in [0.29, 0.717) is 11.5 Å². The Morgan fingerprint density at radius 3 is 1.65 bits per heavy atom. The molecule has 0 bridgehead atoms. The van der Waals surface area contributed by atoms with Crippen LogP contribution in [-0.2, 0) is 16.0 Å². The van der Waals surface area contributed by atoms with E-state index < -0.39 is 25.2 Å². The molecule has 0 fully saturated rings. The summed E-state index contributed by atoms with van der Waals surface area (Å²) >= 11 is 0. The van der Waals surface area contributed by atoms with Gasteiger partial charge in [0.05, 0.1) is 24.4 Å². The second-order valence-corrected chi connectivity index (χ2v) is 10.3.